The molecule has 0 unspecified atom stereocenters. The van der Waals surface area contributed by atoms with Crippen LogP contribution in [0, 0.1) is 11.3 Å². The Morgan fingerprint density at radius 2 is 1.87 bits per heavy atom. The van der Waals surface area contributed by atoms with Crippen molar-refractivity contribution in [3.8, 4) is 6.07 Å². The summed E-state index contributed by atoms with van der Waals surface area (Å²) >= 11 is 0. The molecule has 0 radical (unpaired) electrons. The van der Waals surface area contributed by atoms with Gasteiger partial charge in [-0.05, 0) is 49.4 Å². The molecule has 0 saturated carbocycles. The molecule has 0 atom stereocenters. The first-order valence-corrected chi connectivity index (χ1v) is 8.22. The molecule has 0 amide bonds. The van der Waals surface area contributed by atoms with Gasteiger partial charge in [0.1, 0.15) is 0 Å². The lowest BCUT2D eigenvalue weighted by Crippen LogP contribution is -2.32. The van der Waals surface area contributed by atoms with Crippen LogP contribution in [0.2, 0.25) is 0 Å². The molecule has 0 aliphatic carbocycles. The Bertz CT molecular complexity index is 645. The summed E-state index contributed by atoms with van der Waals surface area (Å²) in [4.78, 5) is 9.35. The fourth-order valence-corrected chi connectivity index (χ4v) is 3.02. The van der Waals surface area contributed by atoms with Crippen molar-refractivity contribution in [1.82, 2.24) is 9.88 Å². The third-order valence-electron chi connectivity index (χ3n) is 4.36. The molecule has 4 heteroatoms. The van der Waals surface area contributed by atoms with Crippen LogP contribution in [0.5, 0.6) is 0 Å². The van der Waals surface area contributed by atoms with E-state index in [0.717, 1.165) is 44.7 Å². The van der Waals surface area contributed by atoms with E-state index in [0.29, 0.717) is 0 Å². The molecule has 2 heterocycles. The van der Waals surface area contributed by atoms with E-state index in [-0.39, 0.29) is 0 Å². The van der Waals surface area contributed by atoms with Gasteiger partial charge in [0, 0.05) is 50.2 Å². The third kappa shape index (κ3) is 4.30. The highest BCUT2D eigenvalue weighted by Crippen LogP contribution is 2.17. The minimum atomic E-state index is 0.723. The summed E-state index contributed by atoms with van der Waals surface area (Å²) in [5.41, 5.74) is 3.11. The zero-order chi connectivity index (χ0) is 15.9. The molecule has 0 bridgehead atoms. The number of benzene rings is 1. The second kappa shape index (κ2) is 7.75. The van der Waals surface area contributed by atoms with E-state index in [4.69, 9.17) is 5.26 Å². The summed E-state index contributed by atoms with van der Waals surface area (Å²) in [6, 6.07) is 16.2. The molecule has 23 heavy (non-hydrogen) atoms. The van der Waals surface area contributed by atoms with Crippen molar-refractivity contribution in [1.29, 1.82) is 5.26 Å². The van der Waals surface area contributed by atoms with E-state index in [1.807, 2.05) is 24.4 Å². The molecular formula is C19H22N4. The zero-order valence-electron chi connectivity index (χ0n) is 13.4. The lowest BCUT2D eigenvalue weighted by molar-refractivity contribution is 0.296. The maximum absolute atomic E-state index is 8.90. The predicted molar refractivity (Wildman–Crippen MR) is 92.4 cm³/mol. The van der Waals surface area contributed by atoms with Crippen LogP contribution >= 0.6 is 0 Å². The van der Waals surface area contributed by atoms with E-state index >= 15 is 0 Å². The van der Waals surface area contributed by atoms with Gasteiger partial charge in [-0.3, -0.25) is 4.98 Å². The Labute approximate surface area is 138 Å². The highest BCUT2D eigenvalue weighted by molar-refractivity contribution is 5.49. The average molecular weight is 306 g/mol. The van der Waals surface area contributed by atoms with E-state index in [1.165, 1.54) is 17.8 Å². The number of hydrogen-bond donors (Lipinski definition) is 0. The van der Waals surface area contributed by atoms with Crippen molar-refractivity contribution in [2.45, 2.75) is 12.8 Å². The van der Waals surface area contributed by atoms with Crippen LogP contribution in [-0.2, 0) is 6.42 Å². The van der Waals surface area contributed by atoms with Crippen LogP contribution < -0.4 is 4.90 Å². The number of pyridine rings is 1. The molecule has 1 aliphatic heterocycles. The van der Waals surface area contributed by atoms with Crippen LogP contribution in [0.1, 0.15) is 17.7 Å². The predicted octanol–water partition coefficient (Wildman–Crippen LogP) is 2.71. The normalized spacial score (nSPS) is 15.9. The Morgan fingerprint density at radius 3 is 2.61 bits per heavy atom. The van der Waals surface area contributed by atoms with Crippen molar-refractivity contribution in [3.63, 3.8) is 0 Å². The summed E-state index contributed by atoms with van der Waals surface area (Å²) in [5.74, 6) is 0. The Balaban J connectivity index is 1.53. The number of nitriles is 1. The van der Waals surface area contributed by atoms with E-state index in [1.54, 1.807) is 0 Å². The number of nitrogens with zero attached hydrogens (tertiary/aromatic N) is 4. The van der Waals surface area contributed by atoms with Crippen molar-refractivity contribution in [2.75, 3.05) is 37.6 Å². The second-order valence-electron chi connectivity index (χ2n) is 5.91. The molecule has 0 spiro atoms. The zero-order valence-corrected chi connectivity index (χ0v) is 13.4. The smallest absolute Gasteiger partial charge is 0.0991 e. The topological polar surface area (TPSA) is 43.2 Å². The summed E-state index contributed by atoms with van der Waals surface area (Å²) in [7, 11) is 0. The summed E-state index contributed by atoms with van der Waals surface area (Å²) in [6.07, 6.45) is 4.05. The fraction of sp³-hybridized carbons (Fsp3) is 0.368. The number of aromatic nitrogens is 1. The molecule has 1 saturated heterocycles. The van der Waals surface area contributed by atoms with Gasteiger partial charge in [-0.25, -0.2) is 0 Å². The minimum Gasteiger partial charge on any atom is -0.370 e. The minimum absolute atomic E-state index is 0.723. The van der Waals surface area contributed by atoms with Gasteiger partial charge in [0.25, 0.3) is 0 Å². The molecule has 1 aromatic heterocycles. The number of anilines is 1. The van der Waals surface area contributed by atoms with Gasteiger partial charge in [-0.2, -0.15) is 5.26 Å². The van der Waals surface area contributed by atoms with Crippen molar-refractivity contribution in [2.24, 2.45) is 0 Å². The quantitative estimate of drug-likeness (QED) is 0.871. The summed E-state index contributed by atoms with van der Waals surface area (Å²) in [6.45, 7) is 5.39. The maximum Gasteiger partial charge on any atom is 0.0991 e. The van der Waals surface area contributed by atoms with Crippen LogP contribution in [0.25, 0.3) is 0 Å². The highest BCUT2D eigenvalue weighted by Gasteiger charge is 2.15. The van der Waals surface area contributed by atoms with Crippen LogP contribution in [0.3, 0.4) is 0 Å². The summed E-state index contributed by atoms with van der Waals surface area (Å²) < 4.78 is 0. The lowest BCUT2D eigenvalue weighted by Gasteiger charge is -2.23. The molecule has 3 rings (SSSR count). The van der Waals surface area contributed by atoms with Crippen molar-refractivity contribution < 1.29 is 0 Å². The van der Waals surface area contributed by atoms with Gasteiger partial charge < -0.3 is 9.80 Å². The average Bonchev–Trinajstić information content (AvgIpc) is 2.87. The Hall–Kier alpha value is -2.38. The van der Waals surface area contributed by atoms with Crippen molar-refractivity contribution in [3.05, 3.63) is 59.9 Å². The standard InChI is InChI=1S/C19H22N4/c20-16-17-5-7-19(8-6-17)23-12-3-11-22(14-15-23)13-9-18-4-1-2-10-21-18/h1-2,4-8,10H,3,9,11-15H2. The molecular weight excluding hydrogens is 284 g/mol. The van der Waals surface area contributed by atoms with Gasteiger partial charge >= 0.3 is 0 Å². The van der Waals surface area contributed by atoms with Crippen LogP contribution in [-0.4, -0.2) is 42.6 Å². The van der Waals surface area contributed by atoms with Gasteiger partial charge in [-0.15, -0.1) is 0 Å². The molecule has 4 nitrogen and oxygen atoms in total. The van der Waals surface area contributed by atoms with E-state index in [9.17, 15) is 0 Å². The van der Waals surface area contributed by atoms with Gasteiger partial charge in [0.05, 0.1) is 11.6 Å². The van der Waals surface area contributed by atoms with Gasteiger partial charge in [-0.1, -0.05) is 6.07 Å². The molecule has 0 N–H and O–H groups in total. The molecule has 2 aromatic rings. The van der Waals surface area contributed by atoms with E-state index in [2.05, 4.69) is 45.1 Å². The van der Waals surface area contributed by atoms with E-state index < -0.39 is 0 Å². The summed E-state index contributed by atoms with van der Waals surface area (Å²) in [5, 5.41) is 8.90. The maximum atomic E-state index is 8.90. The largest absolute Gasteiger partial charge is 0.370 e. The first-order valence-electron chi connectivity index (χ1n) is 8.22. The molecule has 1 aliphatic rings. The number of rotatable bonds is 4. The van der Waals surface area contributed by atoms with Gasteiger partial charge in [0.2, 0.25) is 0 Å². The molecule has 118 valence electrons. The second-order valence-corrected chi connectivity index (χ2v) is 5.91. The fourth-order valence-electron chi connectivity index (χ4n) is 3.02. The Kier molecular flexibility index (Phi) is 5.23. The number of hydrogen-bond acceptors (Lipinski definition) is 4. The third-order valence-corrected chi connectivity index (χ3v) is 4.36. The van der Waals surface area contributed by atoms with Crippen LogP contribution in [0.4, 0.5) is 5.69 Å². The van der Waals surface area contributed by atoms with Crippen molar-refractivity contribution >= 4 is 5.69 Å². The lowest BCUT2D eigenvalue weighted by atomic mass is 10.2. The highest BCUT2D eigenvalue weighted by atomic mass is 15.2. The first kappa shape index (κ1) is 15.5. The molecule has 1 fully saturated rings. The Morgan fingerprint density at radius 1 is 1.00 bits per heavy atom. The van der Waals surface area contributed by atoms with Gasteiger partial charge in [0.15, 0.2) is 0 Å². The first-order chi connectivity index (χ1) is 11.3. The molecule has 1 aromatic carbocycles. The SMILES string of the molecule is N#Cc1ccc(N2CCCN(CCc3ccccn3)CC2)cc1. The monoisotopic (exact) mass is 306 g/mol. The van der Waals surface area contributed by atoms with Crippen LogP contribution in [0.15, 0.2) is 48.7 Å².